The Morgan fingerprint density at radius 3 is 2.53 bits per heavy atom. The van der Waals surface area contributed by atoms with E-state index in [9.17, 15) is 0 Å². The van der Waals surface area contributed by atoms with Crippen LogP contribution in [0.3, 0.4) is 0 Å². The topological polar surface area (TPSA) is 9.23 Å². The molecule has 0 saturated heterocycles. The van der Waals surface area contributed by atoms with Crippen molar-refractivity contribution in [3.05, 3.63) is 29.8 Å². The molecule has 15 heavy (non-hydrogen) atoms. The molecule has 82 valence electrons. The van der Waals surface area contributed by atoms with E-state index in [2.05, 4.69) is 19.1 Å². The quantitative estimate of drug-likeness (QED) is 0.711. The summed E-state index contributed by atoms with van der Waals surface area (Å²) in [5.41, 5.74) is 1.70. The van der Waals surface area contributed by atoms with Crippen LogP contribution in [0.25, 0.3) is 0 Å². The van der Waals surface area contributed by atoms with Gasteiger partial charge in [-0.05, 0) is 42.4 Å². The van der Waals surface area contributed by atoms with Gasteiger partial charge in [0.05, 0.1) is 6.61 Å². The maximum absolute atomic E-state index is 5.89. The van der Waals surface area contributed by atoms with E-state index in [-0.39, 0.29) is 0 Å². The Morgan fingerprint density at radius 2 is 2.07 bits per heavy atom. The number of ether oxygens (including phenoxy) is 1. The van der Waals surface area contributed by atoms with E-state index in [1.165, 1.54) is 12.0 Å². The molecule has 1 fully saturated rings. The summed E-state index contributed by atoms with van der Waals surface area (Å²) in [7, 11) is 0. The van der Waals surface area contributed by atoms with Crippen LogP contribution in [0.15, 0.2) is 24.3 Å². The number of hydrogen-bond donors (Lipinski definition) is 0. The van der Waals surface area contributed by atoms with Gasteiger partial charge in [0.1, 0.15) is 5.75 Å². The molecule has 0 N–H and O–H groups in total. The molecular weight excluding hydrogens is 208 g/mol. The first-order chi connectivity index (χ1) is 7.20. The fourth-order valence-electron chi connectivity index (χ4n) is 2.13. The summed E-state index contributed by atoms with van der Waals surface area (Å²) in [6.45, 7) is 5.01. The molecule has 2 rings (SSSR count). The van der Waals surface area contributed by atoms with Gasteiger partial charge in [-0.2, -0.15) is 0 Å². The SMILES string of the molecule is CCOc1ccc(C2(C)CC2CCl)cc1. The normalized spacial score (nSPS) is 28.9. The largest absolute Gasteiger partial charge is 0.494 e. The highest BCUT2D eigenvalue weighted by Gasteiger charge is 2.50. The van der Waals surface area contributed by atoms with Crippen molar-refractivity contribution in [2.75, 3.05) is 12.5 Å². The Kier molecular flexibility index (Phi) is 2.92. The predicted octanol–water partition coefficient (Wildman–Crippen LogP) is 3.60. The Bertz CT molecular complexity index is 333. The standard InChI is InChI=1S/C13H17ClO/c1-3-15-12-6-4-10(5-7-12)13(2)8-11(13)9-14/h4-7,11H,3,8-9H2,1-2H3. The molecule has 1 aliphatic rings. The lowest BCUT2D eigenvalue weighted by Gasteiger charge is -2.11. The van der Waals surface area contributed by atoms with Crippen molar-refractivity contribution < 1.29 is 4.74 Å². The first kappa shape index (κ1) is 10.8. The number of benzene rings is 1. The highest BCUT2D eigenvalue weighted by atomic mass is 35.5. The summed E-state index contributed by atoms with van der Waals surface area (Å²) in [5, 5.41) is 0. The van der Waals surface area contributed by atoms with Crippen LogP contribution in [0.2, 0.25) is 0 Å². The van der Waals surface area contributed by atoms with Crippen LogP contribution in [0.1, 0.15) is 25.8 Å². The van der Waals surface area contributed by atoms with Crippen LogP contribution in [0, 0.1) is 5.92 Å². The molecule has 1 aromatic carbocycles. The maximum atomic E-state index is 5.89. The third kappa shape index (κ3) is 1.98. The van der Waals surface area contributed by atoms with Crippen molar-refractivity contribution in [3.63, 3.8) is 0 Å². The van der Waals surface area contributed by atoms with Gasteiger partial charge in [0.15, 0.2) is 0 Å². The van der Waals surface area contributed by atoms with E-state index in [4.69, 9.17) is 16.3 Å². The third-order valence-corrected chi connectivity index (χ3v) is 3.79. The zero-order valence-corrected chi connectivity index (χ0v) is 10.1. The molecular formula is C13H17ClO. The van der Waals surface area contributed by atoms with Gasteiger partial charge in [0.2, 0.25) is 0 Å². The Balaban J connectivity index is 2.11. The lowest BCUT2D eigenvalue weighted by molar-refractivity contribution is 0.340. The second kappa shape index (κ2) is 4.05. The summed E-state index contributed by atoms with van der Waals surface area (Å²) in [6.07, 6.45) is 1.21. The molecule has 0 bridgehead atoms. The minimum atomic E-state index is 0.312. The second-order valence-corrected chi connectivity index (χ2v) is 4.74. The van der Waals surface area contributed by atoms with Crippen molar-refractivity contribution in [1.82, 2.24) is 0 Å². The molecule has 0 amide bonds. The number of halogens is 1. The van der Waals surface area contributed by atoms with Gasteiger partial charge in [-0.25, -0.2) is 0 Å². The number of alkyl halides is 1. The van der Waals surface area contributed by atoms with Crippen molar-refractivity contribution >= 4 is 11.6 Å². The molecule has 1 aliphatic carbocycles. The first-order valence-electron chi connectivity index (χ1n) is 5.50. The van der Waals surface area contributed by atoms with Crippen LogP contribution in [-0.4, -0.2) is 12.5 Å². The molecule has 0 spiro atoms. The van der Waals surface area contributed by atoms with Crippen LogP contribution in [0.4, 0.5) is 0 Å². The Labute approximate surface area is 96.4 Å². The summed E-state index contributed by atoms with van der Waals surface area (Å²) < 4.78 is 5.42. The van der Waals surface area contributed by atoms with Gasteiger partial charge in [-0.15, -0.1) is 11.6 Å². The van der Waals surface area contributed by atoms with Gasteiger partial charge < -0.3 is 4.74 Å². The minimum Gasteiger partial charge on any atom is -0.494 e. The fraction of sp³-hybridized carbons (Fsp3) is 0.538. The van der Waals surface area contributed by atoms with E-state index in [0.717, 1.165) is 18.2 Å². The van der Waals surface area contributed by atoms with Gasteiger partial charge in [0.25, 0.3) is 0 Å². The minimum absolute atomic E-state index is 0.312. The maximum Gasteiger partial charge on any atom is 0.119 e. The lowest BCUT2D eigenvalue weighted by Crippen LogP contribution is -2.05. The Morgan fingerprint density at radius 1 is 1.40 bits per heavy atom. The van der Waals surface area contributed by atoms with Gasteiger partial charge in [-0.1, -0.05) is 19.1 Å². The molecule has 0 aromatic heterocycles. The van der Waals surface area contributed by atoms with Gasteiger partial charge in [-0.3, -0.25) is 0 Å². The molecule has 2 atom stereocenters. The summed E-state index contributed by atoms with van der Waals surface area (Å²) in [6, 6.07) is 8.43. The summed E-state index contributed by atoms with van der Waals surface area (Å²) >= 11 is 5.89. The van der Waals surface area contributed by atoms with E-state index in [1.807, 2.05) is 19.1 Å². The number of hydrogen-bond acceptors (Lipinski definition) is 1. The Hall–Kier alpha value is -0.690. The summed E-state index contributed by atoms with van der Waals surface area (Å²) in [5.74, 6) is 2.37. The van der Waals surface area contributed by atoms with Crippen molar-refractivity contribution in [2.24, 2.45) is 5.92 Å². The first-order valence-corrected chi connectivity index (χ1v) is 6.03. The van der Waals surface area contributed by atoms with E-state index in [1.54, 1.807) is 0 Å². The molecule has 1 nitrogen and oxygen atoms in total. The summed E-state index contributed by atoms with van der Waals surface area (Å²) in [4.78, 5) is 0. The third-order valence-electron chi connectivity index (χ3n) is 3.42. The second-order valence-electron chi connectivity index (χ2n) is 4.43. The molecule has 1 saturated carbocycles. The van der Waals surface area contributed by atoms with Crippen molar-refractivity contribution in [3.8, 4) is 5.75 Å². The molecule has 1 aromatic rings. The molecule has 2 heteroatoms. The highest BCUT2D eigenvalue weighted by molar-refractivity contribution is 6.18. The predicted molar refractivity (Wildman–Crippen MR) is 63.8 cm³/mol. The van der Waals surface area contributed by atoms with Crippen LogP contribution in [-0.2, 0) is 5.41 Å². The average Bonchev–Trinajstić information content (AvgIpc) is 2.93. The number of rotatable bonds is 4. The van der Waals surface area contributed by atoms with Crippen LogP contribution >= 0.6 is 11.6 Å². The zero-order valence-electron chi connectivity index (χ0n) is 9.29. The average molecular weight is 225 g/mol. The highest BCUT2D eigenvalue weighted by Crippen LogP contribution is 2.54. The van der Waals surface area contributed by atoms with E-state index in [0.29, 0.717) is 11.3 Å². The smallest absolute Gasteiger partial charge is 0.119 e. The van der Waals surface area contributed by atoms with Crippen LogP contribution in [0.5, 0.6) is 5.75 Å². The van der Waals surface area contributed by atoms with Gasteiger partial charge in [0, 0.05) is 5.88 Å². The fourth-order valence-corrected chi connectivity index (χ4v) is 2.58. The molecule has 0 aliphatic heterocycles. The van der Waals surface area contributed by atoms with Crippen molar-refractivity contribution in [2.45, 2.75) is 25.7 Å². The van der Waals surface area contributed by atoms with Crippen molar-refractivity contribution in [1.29, 1.82) is 0 Å². The van der Waals surface area contributed by atoms with Crippen LogP contribution < -0.4 is 4.74 Å². The molecule has 2 unspecified atom stereocenters. The van der Waals surface area contributed by atoms with E-state index < -0.39 is 0 Å². The zero-order chi connectivity index (χ0) is 10.9. The molecule has 0 radical (unpaired) electrons. The monoisotopic (exact) mass is 224 g/mol. The lowest BCUT2D eigenvalue weighted by atomic mass is 9.96. The van der Waals surface area contributed by atoms with Gasteiger partial charge >= 0.3 is 0 Å². The van der Waals surface area contributed by atoms with E-state index >= 15 is 0 Å². The molecule has 0 heterocycles.